The molecule has 2 heterocycles. The number of benzene rings is 3. The molecule has 5 rings (SSSR count). The van der Waals surface area contributed by atoms with Gasteiger partial charge in [-0.3, -0.25) is 4.79 Å². The van der Waals surface area contributed by atoms with Gasteiger partial charge in [0.15, 0.2) is 5.82 Å². The lowest BCUT2D eigenvalue weighted by molar-refractivity contribution is 0.0696. The quantitative estimate of drug-likeness (QED) is 0.349. The Hall–Kier alpha value is -4.78. The summed E-state index contributed by atoms with van der Waals surface area (Å²) in [6.07, 6.45) is 1.62. The molecule has 33 heavy (non-hydrogen) atoms. The second-order valence-corrected chi connectivity index (χ2v) is 7.30. The summed E-state index contributed by atoms with van der Waals surface area (Å²) in [6.45, 7) is 0. The van der Waals surface area contributed by atoms with Crippen LogP contribution in [-0.4, -0.2) is 31.8 Å². The van der Waals surface area contributed by atoms with Crippen LogP contribution in [0.3, 0.4) is 0 Å². The van der Waals surface area contributed by atoms with Gasteiger partial charge in [-0.1, -0.05) is 24.3 Å². The molecule has 0 aliphatic carbocycles. The van der Waals surface area contributed by atoms with E-state index in [1.165, 1.54) is 12.1 Å². The van der Waals surface area contributed by atoms with Gasteiger partial charge in [0, 0.05) is 17.3 Å². The fourth-order valence-corrected chi connectivity index (χ4v) is 3.47. The number of nitrogens with zero attached hydrogens (tertiary/aromatic N) is 2. The van der Waals surface area contributed by atoms with Crippen molar-refractivity contribution in [1.82, 2.24) is 15.0 Å². The molecule has 0 radical (unpaired) electrons. The minimum absolute atomic E-state index is 0.204. The molecule has 0 amide bonds. The zero-order chi connectivity index (χ0) is 22.8. The Balaban J connectivity index is 1.37. The third-order valence-electron chi connectivity index (χ3n) is 5.15. The first kappa shape index (κ1) is 20.1. The lowest BCUT2D eigenvalue weighted by atomic mass is 10.1. The fraction of sp³-hybridized carbons (Fsp3) is 0. The number of rotatable bonds is 6. The number of carbonyl (C=O) groups is 2. The average Bonchev–Trinajstić information content (AvgIpc) is 3.29. The third-order valence-corrected chi connectivity index (χ3v) is 5.15. The number of ether oxygens (including phenoxy) is 1. The van der Waals surface area contributed by atoms with Gasteiger partial charge in [-0.05, 0) is 66.2 Å². The van der Waals surface area contributed by atoms with E-state index in [0.717, 1.165) is 22.2 Å². The first-order valence-corrected chi connectivity index (χ1v) is 10.1. The molecule has 0 saturated heterocycles. The monoisotopic (exact) mass is 435 g/mol. The van der Waals surface area contributed by atoms with Crippen molar-refractivity contribution >= 4 is 22.8 Å². The van der Waals surface area contributed by atoms with Crippen LogP contribution in [-0.2, 0) is 0 Å². The van der Waals surface area contributed by atoms with Gasteiger partial charge < -0.3 is 14.8 Å². The SMILES string of the molecule is O=C(O)c1ccc(-c2cccnc2Oc2ccc(C(=O)c3nc4ccccc4[nH]3)cc2)cc1. The molecule has 0 bridgehead atoms. The van der Waals surface area contributed by atoms with E-state index in [1.54, 1.807) is 48.7 Å². The number of aromatic amines is 1. The van der Waals surface area contributed by atoms with E-state index in [9.17, 15) is 9.59 Å². The van der Waals surface area contributed by atoms with Crippen LogP contribution in [0, 0.1) is 0 Å². The van der Waals surface area contributed by atoms with E-state index >= 15 is 0 Å². The molecule has 0 saturated carbocycles. The predicted molar refractivity (Wildman–Crippen MR) is 123 cm³/mol. The number of fused-ring (bicyclic) bond motifs is 1. The van der Waals surface area contributed by atoms with E-state index in [1.807, 2.05) is 30.3 Å². The molecule has 3 aromatic carbocycles. The molecule has 0 aliphatic rings. The number of carbonyl (C=O) groups excluding carboxylic acids is 1. The zero-order valence-corrected chi connectivity index (χ0v) is 17.2. The molecule has 0 unspecified atom stereocenters. The summed E-state index contributed by atoms with van der Waals surface area (Å²) in [5.41, 5.74) is 3.72. The van der Waals surface area contributed by atoms with Gasteiger partial charge in [-0.25, -0.2) is 14.8 Å². The molecule has 2 aromatic heterocycles. The van der Waals surface area contributed by atoms with Crippen molar-refractivity contribution in [2.75, 3.05) is 0 Å². The molecule has 2 N–H and O–H groups in total. The summed E-state index contributed by atoms with van der Waals surface area (Å²) in [4.78, 5) is 35.6. The summed E-state index contributed by atoms with van der Waals surface area (Å²) >= 11 is 0. The Morgan fingerprint density at radius 3 is 2.27 bits per heavy atom. The van der Waals surface area contributed by atoms with Crippen LogP contribution in [0.25, 0.3) is 22.2 Å². The highest BCUT2D eigenvalue weighted by atomic mass is 16.5. The molecule has 0 atom stereocenters. The van der Waals surface area contributed by atoms with E-state index in [2.05, 4.69) is 15.0 Å². The number of imidazole rings is 1. The smallest absolute Gasteiger partial charge is 0.335 e. The number of para-hydroxylation sites is 2. The van der Waals surface area contributed by atoms with Crippen LogP contribution in [0.4, 0.5) is 0 Å². The van der Waals surface area contributed by atoms with Gasteiger partial charge in [0.1, 0.15) is 5.75 Å². The number of ketones is 1. The van der Waals surface area contributed by atoms with E-state index in [-0.39, 0.29) is 17.2 Å². The van der Waals surface area contributed by atoms with Crippen molar-refractivity contribution in [2.45, 2.75) is 0 Å². The van der Waals surface area contributed by atoms with Crippen molar-refractivity contribution in [3.8, 4) is 22.8 Å². The largest absolute Gasteiger partial charge is 0.478 e. The summed E-state index contributed by atoms with van der Waals surface area (Å²) in [6, 6.07) is 24.3. The number of carboxylic acids is 1. The van der Waals surface area contributed by atoms with Gasteiger partial charge in [0.05, 0.1) is 16.6 Å². The topological polar surface area (TPSA) is 105 Å². The first-order chi connectivity index (χ1) is 16.1. The molecule has 0 aliphatic heterocycles. The Morgan fingerprint density at radius 2 is 1.55 bits per heavy atom. The number of aromatic carboxylic acids is 1. The summed E-state index contributed by atoms with van der Waals surface area (Å²) in [7, 11) is 0. The van der Waals surface area contributed by atoms with Crippen molar-refractivity contribution < 1.29 is 19.4 Å². The summed E-state index contributed by atoms with van der Waals surface area (Å²) < 4.78 is 5.97. The standard InChI is InChI=1S/C26H17N3O4/c30-23(24-28-21-5-1-2-6-22(21)29-24)17-11-13-19(14-12-17)33-25-20(4-3-15-27-25)16-7-9-18(10-8-16)26(31)32/h1-15H,(H,28,29)(H,31,32). The minimum Gasteiger partial charge on any atom is -0.478 e. The second-order valence-electron chi connectivity index (χ2n) is 7.30. The molecule has 7 nitrogen and oxygen atoms in total. The van der Waals surface area contributed by atoms with Gasteiger partial charge in [0.2, 0.25) is 11.7 Å². The summed E-state index contributed by atoms with van der Waals surface area (Å²) in [5.74, 6) is -0.0341. The number of hydrogen-bond donors (Lipinski definition) is 2. The van der Waals surface area contributed by atoms with Crippen molar-refractivity contribution in [3.05, 3.63) is 108 Å². The first-order valence-electron chi connectivity index (χ1n) is 10.1. The number of hydrogen-bond acceptors (Lipinski definition) is 5. The highest BCUT2D eigenvalue weighted by Gasteiger charge is 2.15. The highest BCUT2D eigenvalue weighted by molar-refractivity contribution is 6.08. The molecular weight excluding hydrogens is 418 g/mol. The number of aromatic nitrogens is 3. The average molecular weight is 435 g/mol. The Morgan fingerprint density at radius 1 is 0.818 bits per heavy atom. The fourth-order valence-electron chi connectivity index (χ4n) is 3.47. The van der Waals surface area contributed by atoms with Crippen LogP contribution >= 0.6 is 0 Å². The van der Waals surface area contributed by atoms with Crippen LogP contribution in [0.1, 0.15) is 26.5 Å². The Kier molecular flexibility index (Phi) is 5.12. The maximum Gasteiger partial charge on any atom is 0.335 e. The van der Waals surface area contributed by atoms with E-state index < -0.39 is 5.97 Å². The highest BCUT2D eigenvalue weighted by Crippen LogP contribution is 2.31. The number of H-pyrrole nitrogens is 1. The zero-order valence-electron chi connectivity index (χ0n) is 17.2. The number of carboxylic acid groups (broad SMARTS) is 1. The molecule has 0 fully saturated rings. The van der Waals surface area contributed by atoms with Gasteiger partial charge >= 0.3 is 5.97 Å². The molecular formula is C26H17N3O4. The van der Waals surface area contributed by atoms with Crippen molar-refractivity contribution in [1.29, 1.82) is 0 Å². The lowest BCUT2D eigenvalue weighted by Gasteiger charge is -2.10. The minimum atomic E-state index is -0.985. The van der Waals surface area contributed by atoms with Crippen molar-refractivity contribution in [2.24, 2.45) is 0 Å². The third kappa shape index (κ3) is 4.07. The van der Waals surface area contributed by atoms with Gasteiger partial charge in [0.25, 0.3) is 0 Å². The van der Waals surface area contributed by atoms with Crippen LogP contribution in [0.2, 0.25) is 0 Å². The molecule has 0 spiro atoms. The molecule has 7 heteroatoms. The second kappa shape index (κ2) is 8.39. The van der Waals surface area contributed by atoms with Crippen LogP contribution in [0.15, 0.2) is 91.1 Å². The van der Waals surface area contributed by atoms with Crippen molar-refractivity contribution in [3.63, 3.8) is 0 Å². The Bertz CT molecular complexity index is 1440. The molecule has 5 aromatic rings. The van der Waals surface area contributed by atoms with Gasteiger partial charge in [-0.2, -0.15) is 0 Å². The molecule has 160 valence electrons. The lowest BCUT2D eigenvalue weighted by Crippen LogP contribution is -2.03. The maximum absolute atomic E-state index is 12.8. The maximum atomic E-state index is 12.8. The normalized spacial score (nSPS) is 10.8. The van der Waals surface area contributed by atoms with E-state index in [0.29, 0.717) is 17.2 Å². The van der Waals surface area contributed by atoms with E-state index in [4.69, 9.17) is 9.84 Å². The predicted octanol–water partition coefficient (Wildman–Crippen LogP) is 5.35. The number of pyridine rings is 1. The van der Waals surface area contributed by atoms with Crippen LogP contribution in [0.5, 0.6) is 11.6 Å². The summed E-state index contributed by atoms with van der Waals surface area (Å²) in [5, 5.41) is 9.10. The Labute approximate surface area is 188 Å². The number of nitrogens with one attached hydrogen (secondary N) is 1. The van der Waals surface area contributed by atoms with Crippen LogP contribution < -0.4 is 4.74 Å². The van der Waals surface area contributed by atoms with Gasteiger partial charge in [-0.15, -0.1) is 0 Å².